The Morgan fingerprint density at radius 3 is 2.13 bits per heavy atom. The number of sulfonamides is 1. The topological polar surface area (TPSA) is 115 Å². The zero-order valence-corrected chi connectivity index (χ0v) is 13.8. The van der Waals surface area contributed by atoms with Crippen LogP contribution in [0.5, 0.6) is 0 Å². The largest absolute Gasteiger partial charge is 0.269 e. The lowest BCUT2D eigenvalue weighted by molar-refractivity contribution is -0.384. The second kappa shape index (κ2) is 5.53. The van der Waals surface area contributed by atoms with Crippen LogP contribution < -0.4 is 0 Å². The quantitative estimate of drug-likeness (QED) is 0.570. The number of nitro benzene ring substituents is 1. The van der Waals surface area contributed by atoms with E-state index in [-0.39, 0.29) is 28.1 Å². The van der Waals surface area contributed by atoms with E-state index in [0.717, 1.165) is 12.1 Å². The molecule has 1 saturated carbocycles. The van der Waals surface area contributed by atoms with E-state index < -0.39 is 30.8 Å². The van der Waals surface area contributed by atoms with E-state index in [1.807, 2.05) is 0 Å². The van der Waals surface area contributed by atoms with E-state index in [1.165, 1.54) is 16.4 Å². The molecule has 0 N–H and O–H groups in total. The van der Waals surface area contributed by atoms with Crippen molar-refractivity contribution in [2.45, 2.75) is 36.2 Å². The van der Waals surface area contributed by atoms with Gasteiger partial charge in [0.2, 0.25) is 10.0 Å². The number of rotatable bonds is 5. The summed E-state index contributed by atoms with van der Waals surface area (Å²) in [7, 11) is -7.07. The molecule has 8 nitrogen and oxygen atoms in total. The van der Waals surface area contributed by atoms with Gasteiger partial charge in [-0.15, -0.1) is 0 Å². The molecule has 1 atom stereocenters. The minimum atomic E-state index is -3.87. The Balaban J connectivity index is 1.93. The Morgan fingerprint density at radius 1 is 1.09 bits per heavy atom. The summed E-state index contributed by atoms with van der Waals surface area (Å²) in [6.07, 6.45) is 1.72. The van der Waals surface area contributed by atoms with E-state index >= 15 is 0 Å². The average molecular weight is 360 g/mol. The van der Waals surface area contributed by atoms with Crippen molar-refractivity contribution < 1.29 is 21.8 Å². The first kappa shape index (κ1) is 16.3. The predicted molar refractivity (Wildman–Crippen MR) is 82.2 cm³/mol. The molecule has 0 radical (unpaired) electrons. The zero-order valence-electron chi connectivity index (χ0n) is 12.2. The van der Waals surface area contributed by atoms with Gasteiger partial charge in [-0.2, -0.15) is 4.31 Å². The van der Waals surface area contributed by atoms with Crippen LogP contribution in [0.2, 0.25) is 0 Å². The Labute approximate surface area is 134 Å². The summed E-state index contributed by atoms with van der Waals surface area (Å²) in [5, 5.41) is 10.7. The molecule has 0 aromatic heterocycles. The number of nitro groups is 1. The van der Waals surface area contributed by atoms with Gasteiger partial charge in [0.15, 0.2) is 9.84 Å². The Bertz CT molecular complexity index is 828. The van der Waals surface area contributed by atoms with Crippen LogP contribution in [0, 0.1) is 10.1 Å². The van der Waals surface area contributed by atoms with Crippen molar-refractivity contribution in [3.63, 3.8) is 0 Å². The maximum absolute atomic E-state index is 12.9. The van der Waals surface area contributed by atoms with Crippen molar-refractivity contribution in [3.8, 4) is 0 Å². The standard InChI is InChI=1S/C13H16N2O6S2/c16-15(17)11-3-5-13(6-4-11)23(20,21)14(10-1-2-10)12-7-8-22(18,19)9-12/h3-6,10,12H,1-2,7-9H2/t12-/m1/s1. The van der Waals surface area contributed by atoms with Crippen LogP contribution in [0.15, 0.2) is 29.2 Å². The fraction of sp³-hybridized carbons (Fsp3) is 0.538. The van der Waals surface area contributed by atoms with Crippen LogP contribution in [0.1, 0.15) is 19.3 Å². The molecule has 0 unspecified atom stereocenters. The SMILES string of the molecule is O=[N+]([O-])c1ccc(S(=O)(=O)N(C2CC2)[C@@H]2CCS(=O)(=O)C2)cc1. The van der Waals surface area contributed by atoms with E-state index in [2.05, 4.69) is 0 Å². The third kappa shape index (κ3) is 3.24. The molecular formula is C13H16N2O6S2. The van der Waals surface area contributed by atoms with Crippen molar-refractivity contribution >= 4 is 25.5 Å². The molecule has 1 heterocycles. The Morgan fingerprint density at radius 2 is 1.70 bits per heavy atom. The third-order valence-corrected chi connectivity index (χ3v) is 7.87. The van der Waals surface area contributed by atoms with E-state index in [9.17, 15) is 26.9 Å². The van der Waals surface area contributed by atoms with Gasteiger partial charge in [-0.1, -0.05) is 0 Å². The molecule has 1 aromatic rings. The number of non-ortho nitro benzene ring substituents is 1. The summed E-state index contributed by atoms with van der Waals surface area (Å²) in [5.74, 6) is -0.160. The summed E-state index contributed by atoms with van der Waals surface area (Å²) in [5.41, 5.74) is -0.189. The lowest BCUT2D eigenvalue weighted by atomic mass is 10.2. The monoisotopic (exact) mass is 360 g/mol. The highest BCUT2D eigenvalue weighted by molar-refractivity contribution is 7.92. The second-order valence-electron chi connectivity index (χ2n) is 5.87. The summed E-state index contributed by atoms with van der Waals surface area (Å²) in [6, 6.07) is 3.96. The molecule has 2 aliphatic rings. The highest BCUT2D eigenvalue weighted by atomic mass is 32.2. The van der Waals surface area contributed by atoms with E-state index in [1.54, 1.807) is 0 Å². The minimum Gasteiger partial charge on any atom is -0.258 e. The molecule has 0 amide bonds. The van der Waals surface area contributed by atoms with Crippen LogP contribution >= 0.6 is 0 Å². The molecular weight excluding hydrogens is 344 g/mol. The van der Waals surface area contributed by atoms with Crippen LogP contribution in [-0.4, -0.2) is 49.7 Å². The highest BCUT2D eigenvalue weighted by Crippen LogP contribution is 2.37. The van der Waals surface area contributed by atoms with Gasteiger partial charge in [0, 0.05) is 24.2 Å². The van der Waals surface area contributed by atoms with Gasteiger partial charge in [0.25, 0.3) is 5.69 Å². The first-order chi connectivity index (χ1) is 10.7. The first-order valence-corrected chi connectivity index (χ1v) is 10.5. The molecule has 23 heavy (non-hydrogen) atoms. The average Bonchev–Trinajstić information content (AvgIpc) is 3.23. The molecule has 126 valence electrons. The minimum absolute atomic E-state index is 0.00331. The number of nitrogens with zero attached hydrogens (tertiary/aromatic N) is 2. The molecule has 1 aliphatic heterocycles. The molecule has 10 heteroatoms. The van der Waals surface area contributed by atoms with Gasteiger partial charge in [0.05, 0.1) is 21.3 Å². The first-order valence-electron chi connectivity index (χ1n) is 7.19. The number of benzene rings is 1. The Hall–Kier alpha value is -1.52. The molecule has 0 spiro atoms. The van der Waals surface area contributed by atoms with Crippen molar-refractivity contribution in [2.24, 2.45) is 0 Å². The van der Waals surface area contributed by atoms with E-state index in [4.69, 9.17) is 0 Å². The molecule has 1 aliphatic carbocycles. The number of hydrogen-bond donors (Lipinski definition) is 0. The van der Waals surface area contributed by atoms with Crippen molar-refractivity contribution in [2.75, 3.05) is 11.5 Å². The molecule has 1 aromatic carbocycles. The number of sulfone groups is 1. The van der Waals surface area contributed by atoms with Gasteiger partial charge in [-0.05, 0) is 31.4 Å². The van der Waals surface area contributed by atoms with Crippen LogP contribution in [0.25, 0.3) is 0 Å². The van der Waals surface area contributed by atoms with Gasteiger partial charge < -0.3 is 0 Å². The van der Waals surface area contributed by atoms with Crippen molar-refractivity contribution in [1.82, 2.24) is 4.31 Å². The summed E-state index contributed by atoms with van der Waals surface area (Å²) < 4.78 is 50.4. The lowest BCUT2D eigenvalue weighted by Gasteiger charge is -2.27. The fourth-order valence-corrected chi connectivity index (χ4v) is 6.56. The Kier molecular flexibility index (Phi) is 3.93. The van der Waals surface area contributed by atoms with Crippen LogP contribution in [0.4, 0.5) is 5.69 Å². The van der Waals surface area contributed by atoms with Crippen LogP contribution in [0.3, 0.4) is 0 Å². The lowest BCUT2D eigenvalue weighted by Crippen LogP contribution is -2.42. The van der Waals surface area contributed by atoms with Gasteiger partial charge in [-0.25, -0.2) is 16.8 Å². The maximum Gasteiger partial charge on any atom is 0.269 e. The summed E-state index contributed by atoms with van der Waals surface area (Å²) in [6.45, 7) is 0. The molecule has 1 saturated heterocycles. The summed E-state index contributed by atoms with van der Waals surface area (Å²) in [4.78, 5) is 10.0. The van der Waals surface area contributed by atoms with Gasteiger partial charge in [0.1, 0.15) is 0 Å². The molecule has 3 rings (SSSR count). The van der Waals surface area contributed by atoms with E-state index in [0.29, 0.717) is 19.3 Å². The third-order valence-electron chi connectivity index (χ3n) is 4.10. The fourth-order valence-electron chi connectivity index (χ4n) is 2.86. The number of hydrogen-bond acceptors (Lipinski definition) is 6. The van der Waals surface area contributed by atoms with Gasteiger partial charge in [-0.3, -0.25) is 10.1 Å². The van der Waals surface area contributed by atoms with Crippen molar-refractivity contribution in [3.05, 3.63) is 34.4 Å². The normalized spacial score (nSPS) is 24.0. The predicted octanol–water partition coefficient (Wildman–Crippen LogP) is 0.935. The van der Waals surface area contributed by atoms with Crippen LogP contribution in [-0.2, 0) is 19.9 Å². The molecule has 0 bridgehead atoms. The second-order valence-corrected chi connectivity index (χ2v) is 9.95. The summed E-state index contributed by atoms with van der Waals surface area (Å²) >= 11 is 0. The van der Waals surface area contributed by atoms with Gasteiger partial charge >= 0.3 is 0 Å². The zero-order chi connectivity index (χ0) is 16.8. The molecule has 2 fully saturated rings. The maximum atomic E-state index is 12.9. The van der Waals surface area contributed by atoms with Crippen molar-refractivity contribution in [1.29, 1.82) is 0 Å². The smallest absolute Gasteiger partial charge is 0.258 e. The highest BCUT2D eigenvalue weighted by Gasteiger charge is 2.46.